The highest BCUT2D eigenvalue weighted by atomic mass is 16.3. The number of fused-ring (bicyclic) bond motifs is 1. The summed E-state index contributed by atoms with van der Waals surface area (Å²) >= 11 is 0. The first kappa shape index (κ1) is 23.8. The van der Waals surface area contributed by atoms with E-state index in [1.165, 1.54) is 16.8 Å². The number of piperidine rings is 1. The Morgan fingerprint density at radius 3 is 2.21 bits per heavy atom. The van der Waals surface area contributed by atoms with Gasteiger partial charge < -0.3 is 14.9 Å². The number of carbonyl (C=O) groups is 1. The highest BCUT2D eigenvalue weighted by Gasteiger charge is 2.34. The average Bonchev–Trinajstić information content (AvgIpc) is 2.83. The number of rotatable bonds is 3. The maximum Gasteiger partial charge on any atom is 0.223 e. The van der Waals surface area contributed by atoms with Crippen LogP contribution >= 0.6 is 0 Å². The van der Waals surface area contributed by atoms with Crippen molar-refractivity contribution in [3.05, 3.63) is 59.7 Å². The van der Waals surface area contributed by atoms with Crippen LogP contribution in [-0.4, -0.2) is 54.2 Å². The first-order chi connectivity index (χ1) is 16.0. The van der Waals surface area contributed by atoms with Crippen LogP contribution < -0.4 is 9.80 Å². The third-order valence-electron chi connectivity index (χ3n) is 7.33. The topological polar surface area (TPSA) is 47.0 Å². The molecular formula is C28H39N3O2. The molecule has 33 heavy (non-hydrogen) atoms. The summed E-state index contributed by atoms with van der Waals surface area (Å²) in [6.45, 7) is 8.80. The lowest BCUT2D eigenvalue weighted by molar-refractivity contribution is -0.116. The molecule has 5 heteroatoms. The van der Waals surface area contributed by atoms with Crippen molar-refractivity contribution in [2.24, 2.45) is 0 Å². The van der Waals surface area contributed by atoms with Crippen LogP contribution in [0.5, 0.6) is 0 Å². The molecule has 2 aromatic carbocycles. The molecule has 1 saturated heterocycles. The highest BCUT2D eigenvalue weighted by molar-refractivity contribution is 5.92. The number of aliphatic hydroxyl groups is 1. The van der Waals surface area contributed by atoms with Crippen molar-refractivity contribution in [2.45, 2.75) is 64.5 Å². The SMILES string of the molecule is CC(=O)N1CCCCCCN(CC2(O)CCN(c3ccccc3C)CC2)Cc2ccccc21. The number of aryl methyl sites for hydroxylation is 1. The molecule has 0 aromatic heterocycles. The quantitative estimate of drug-likeness (QED) is 0.734. The monoisotopic (exact) mass is 449 g/mol. The van der Waals surface area contributed by atoms with E-state index in [4.69, 9.17) is 0 Å². The van der Waals surface area contributed by atoms with Crippen LogP contribution in [0.15, 0.2) is 48.5 Å². The summed E-state index contributed by atoms with van der Waals surface area (Å²) in [5, 5.41) is 11.6. The molecular weight excluding hydrogens is 410 g/mol. The smallest absolute Gasteiger partial charge is 0.223 e. The first-order valence-electron chi connectivity index (χ1n) is 12.6. The largest absolute Gasteiger partial charge is 0.388 e. The molecule has 178 valence electrons. The Morgan fingerprint density at radius 2 is 1.52 bits per heavy atom. The van der Waals surface area contributed by atoms with E-state index < -0.39 is 5.60 Å². The Labute approximate surface area is 199 Å². The minimum absolute atomic E-state index is 0.107. The van der Waals surface area contributed by atoms with Gasteiger partial charge in [0, 0.05) is 51.0 Å². The molecule has 0 unspecified atom stereocenters. The fourth-order valence-electron chi connectivity index (χ4n) is 5.43. The molecule has 0 bridgehead atoms. The van der Waals surface area contributed by atoms with Gasteiger partial charge in [0.25, 0.3) is 0 Å². The molecule has 2 aromatic rings. The van der Waals surface area contributed by atoms with Crippen LogP contribution in [-0.2, 0) is 11.3 Å². The molecule has 1 amide bonds. The molecule has 0 saturated carbocycles. The lowest BCUT2D eigenvalue weighted by Gasteiger charge is -2.42. The summed E-state index contributed by atoms with van der Waals surface area (Å²) in [5.41, 5.74) is 4.11. The number of amides is 1. The van der Waals surface area contributed by atoms with Gasteiger partial charge in [0.15, 0.2) is 0 Å². The van der Waals surface area contributed by atoms with Crippen molar-refractivity contribution in [1.82, 2.24) is 4.90 Å². The number of hydrogen-bond acceptors (Lipinski definition) is 4. The van der Waals surface area contributed by atoms with Gasteiger partial charge in [-0.25, -0.2) is 0 Å². The van der Waals surface area contributed by atoms with Crippen molar-refractivity contribution in [3.8, 4) is 0 Å². The van der Waals surface area contributed by atoms with Gasteiger partial charge in [-0.05, 0) is 62.4 Å². The zero-order valence-corrected chi connectivity index (χ0v) is 20.3. The van der Waals surface area contributed by atoms with Crippen LogP contribution in [0.1, 0.15) is 56.6 Å². The van der Waals surface area contributed by atoms with Crippen molar-refractivity contribution in [2.75, 3.05) is 42.5 Å². The molecule has 0 atom stereocenters. The number of para-hydroxylation sites is 2. The number of carbonyl (C=O) groups excluding carboxylic acids is 1. The van der Waals surface area contributed by atoms with Gasteiger partial charge in [-0.15, -0.1) is 0 Å². The lowest BCUT2D eigenvalue weighted by Crippen LogP contribution is -2.51. The zero-order chi connectivity index (χ0) is 23.3. The van der Waals surface area contributed by atoms with Gasteiger partial charge in [0.1, 0.15) is 0 Å². The summed E-state index contributed by atoms with van der Waals surface area (Å²) in [7, 11) is 0. The molecule has 0 aliphatic carbocycles. The van der Waals surface area contributed by atoms with Gasteiger partial charge in [-0.1, -0.05) is 49.2 Å². The zero-order valence-electron chi connectivity index (χ0n) is 20.3. The van der Waals surface area contributed by atoms with E-state index in [0.717, 1.165) is 76.9 Å². The second kappa shape index (κ2) is 10.7. The first-order valence-corrected chi connectivity index (χ1v) is 12.6. The number of hydrogen-bond donors (Lipinski definition) is 1. The Hall–Kier alpha value is -2.37. The highest BCUT2D eigenvalue weighted by Crippen LogP contribution is 2.31. The van der Waals surface area contributed by atoms with Gasteiger partial charge in [-0.3, -0.25) is 9.69 Å². The predicted molar refractivity (Wildman–Crippen MR) is 136 cm³/mol. The second-order valence-electron chi connectivity index (χ2n) is 9.92. The van der Waals surface area contributed by atoms with E-state index in [9.17, 15) is 9.90 Å². The standard InChI is InChI=1S/C28H39N3O2/c1-23-11-5-7-13-26(23)30-19-15-28(33,16-20-30)22-29-17-9-3-4-10-18-31(24(2)32)27-14-8-6-12-25(27)21-29/h5-8,11-14,33H,3-4,9-10,15-22H2,1-2H3. The molecule has 5 nitrogen and oxygen atoms in total. The van der Waals surface area contributed by atoms with Crippen LogP contribution in [0, 0.1) is 6.92 Å². The van der Waals surface area contributed by atoms with Crippen molar-refractivity contribution >= 4 is 17.3 Å². The summed E-state index contributed by atoms with van der Waals surface area (Å²) in [5.74, 6) is 0.107. The van der Waals surface area contributed by atoms with E-state index in [2.05, 4.69) is 59.2 Å². The minimum atomic E-state index is -0.672. The molecule has 2 heterocycles. The number of nitrogens with zero attached hydrogens (tertiary/aromatic N) is 3. The normalized spacial score (nSPS) is 20.1. The Bertz CT molecular complexity index is 936. The molecule has 1 N–H and O–H groups in total. The number of anilines is 2. The van der Waals surface area contributed by atoms with Crippen LogP contribution in [0.25, 0.3) is 0 Å². The molecule has 1 fully saturated rings. The molecule has 4 rings (SSSR count). The van der Waals surface area contributed by atoms with Gasteiger partial charge in [0.05, 0.1) is 5.60 Å². The van der Waals surface area contributed by atoms with Crippen LogP contribution in [0.3, 0.4) is 0 Å². The van der Waals surface area contributed by atoms with Gasteiger partial charge in [0.2, 0.25) is 5.91 Å². The summed E-state index contributed by atoms with van der Waals surface area (Å²) in [6.07, 6.45) is 6.02. The lowest BCUT2D eigenvalue weighted by atomic mass is 9.90. The molecule has 2 aliphatic rings. The van der Waals surface area contributed by atoms with E-state index >= 15 is 0 Å². The fraction of sp³-hybridized carbons (Fsp3) is 0.536. The van der Waals surface area contributed by atoms with Crippen molar-refractivity contribution in [3.63, 3.8) is 0 Å². The number of β-amino-alcohol motifs (C(OH)–C–C–N with tert-alkyl or cyclic N) is 1. The Kier molecular flexibility index (Phi) is 7.71. The second-order valence-corrected chi connectivity index (χ2v) is 9.92. The van der Waals surface area contributed by atoms with E-state index in [1.54, 1.807) is 6.92 Å². The van der Waals surface area contributed by atoms with Crippen molar-refractivity contribution < 1.29 is 9.90 Å². The molecule has 0 spiro atoms. The maximum absolute atomic E-state index is 12.4. The third kappa shape index (κ3) is 5.96. The minimum Gasteiger partial charge on any atom is -0.388 e. The van der Waals surface area contributed by atoms with Gasteiger partial charge in [-0.2, -0.15) is 0 Å². The van der Waals surface area contributed by atoms with E-state index in [0.29, 0.717) is 6.54 Å². The summed E-state index contributed by atoms with van der Waals surface area (Å²) in [6, 6.07) is 16.8. The summed E-state index contributed by atoms with van der Waals surface area (Å²) in [4.78, 5) is 19.2. The van der Waals surface area contributed by atoms with Gasteiger partial charge >= 0.3 is 0 Å². The molecule has 0 radical (unpaired) electrons. The average molecular weight is 450 g/mol. The number of benzene rings is 2. The van der Waals surface area contributed by atoms with Crippen LogP contribution in [0.4, 0.5) is 11.4 Å². The fourth-order valence-corrected chi connectivity index (χ4v) is 5.43. The van der Waals surface area contributed by atoms with E-state index in [1.807, 2.05) is 11.0 Å². The Morgan fingerprint density at radius 1 is 0.879 bits per heavy atom. The summed E-state index contributed by atoms with van der Waals surface area (Å²) < 4.78 is 0. The van der Waals surface area contributed by atoms with Crippen LogP contribution in [0.2, 0.25) is 0 Å². The predicted octanol–water partition coefficient (Wildman–Crippen LogP) is 4.76. The van der Waals surface area contributed by atoms with E-state index in [-0.39, 0.29) is 5.91 Å². The third-order valence-corrected chi connectivity index (χ3v) is 7.33. The van der Waals surface area contributed by atoms with Crippen molar-refractivity contribution in [1.29, 1.82) is 0 Å². The molecule has 2 aliphatic heterocycles. The maximum atomic E-state index is 12.4. The Balaban J connectivity index is 1.48.